The highest BCUT2D eigenvalue weighted by molar-refractivity contribution is 5.77. The zero-order valence-corrected chi connectivity index (χ0v) is 10.7. The van der Waals surface area contributed by atoms with Crippen molar-refractivity contribution >= 4 is 5.91 Å². The maximum atomic E-state index is 11.9. The van der Waals surface area contributed by atoms with Crippen LogP contribution in [0.15, 0.2) is 0 Å². The summed E-state index contributed by atoms with van der Waals surface area (Å²) in [6.45, 7) is 4.85. The first-order chi connectivity index (χ1) is 8.25. The van der Waals surface area contributed by atoms with E-state index in [1.807, 2.05) is 0 Å². The SMILES string of the molecule is CC1CCCNC1CC(=O)NC1CCOCC1. The molecule has 1 amide bonds. The number of rotatable bonds is 3. The van der Waals surface area contributed by atoms with Crippen LogP contribution in [0.1, 0.15) is 39.0 Å². The van der Waals surface area contributed by atoms with Crippen LogP contribution in [0.25, 0.3) is 0 Å². The Hall–Kier alpha value is -0.610. The summed E-state index contributed by atoms with van der Waals surface area (Å²) in [5.74, 6) is 0.812. The van der Waals surface area contributed by atoms with Crippen molar-refractivity contribution in [3.05, 3.63) is 0 Å². The summed E-state index contributed by atoms with van der Waals surface area (Å²) in [5, 5.41) is 6.58. The van der Waals surface area contributed by atoms with Crippen molar-refractivity contribution in [2.24, 2.45) is 5.92 Å². The van der Waals surface area contributed by atoms with Gasteiger partial charge in [0.05, 0.1) is 0 Å². The number of piperidine rings is 1. The van der Waals surface area contributed by atoms with Crippen LogP contribution in [-0.4, -0.2) is 37.7 Å². The fourth-order valence-electron chi connectivity index (χ4n) is 2.72. The minimum absolute atomic E-state index is 0.197. The molecule has 4 heteroatoms. The standard InChI is InChI=1S/C13H24N2O2/c1-10-3-2-6-14-12(10)9-13(16)15-11-4-7-17-8-5-11/h10-12,14H,2-9H2,1H3,(H,15,16). The lowest BCUT2D eigenvalue weighted by molar-refractivity contribution is -0.123. The van der Waals surface area contributed by atoms with Crippen molar-refractivity contribution in [3.63, 3.8) is 0 Å². The van der Waals surface area contributed by atoms with Gasteiger partial charge in [-0.05, 0) is 38.1 Å². The number of hydrogen-bond donors (Lipinski definition) is 2. The number of hydrogen-bond acceptors (Lipinski definition) is 3. The Kier molecular flexibility index (Phi) is 4.80. The molecule has 2 fully saturated rings. The molecule has 2 N–H and O–H groups in total. The average molecular weight is 240 g/mol. The molecule has 0 bridgehead atoms. The molecule has 2 atom stereocenters. The summed E-state index contributed by atoms with van der Waals surface area (Å²) >= 11 is 0. The van der Waals surface area contributed by atoms with Crippen molar-refractivity contribution in [1.82, 2.24) is 10.6 Å². The molecule has 0 aliphatic carbocycles. The molecule has 0 radical (unpaired) electrons. The number of carbonyl (C=O) groups excluding carboxylic acids is 1. The predicted octanol–water partition coefficient (Wildman–Crippen LogP) is 1.06. The largest absolute Gasteiger partial charge is 0.381 e. The number of amides is 1. The van der Waals surface area contributed by atoms with Gasteiger partial charge in [0.2, 0.25) is 5.91 Å². The van der Waals surface area contributed by atoms with Gasteiger partial charge in [0.1, 0.15) is 0 Å². The van der Waals surface area contributed by atoms with Crippen molar-refractivity contribution in [2.45, 2.75) is 51.1 Å². The van der Waals surface area contributed by atoms with Gasteiger partial charge >= 0.3 is 0 Å². The molecule has 2 unspecified atom stereocenters. The highest BCUT2D eigenvalue weighted by Crippen LogP contribution is 2.18. The van der Waals surface area contributed by atoms with Crippen molar-refractivity contribution < 1.29 is 9.53 Å². The lowest BCUT2D eigenvalue weighted by Crippen LogP contribution is -2.46. The Morgan fingerprint density at radius 1 is 1.35 bits per heavy atom. The molecule has 0 aromatic carbocycles. The summed E-state index contributed by atoms with van der Waals surface area (Å²) in [7, 11) is 0. The smallest absolute Gasteiger partial charge is 0.221 e. The van der Waals surface area contributed by atoms with E-state index >= 15 is 0 Å². The van der Waals surface area contributed by atoms with Gasteiger partial charge in [-0.3, -0.25) is 4.79 Å². The monoisotopic (exact) mass is 240 g/mol. The fourth-order valence-corrected chi connectivity index (χ4v) is 2.72. The van der Waals surface area contributed by atoms with Crippen LogP contribution in [-0.2, 0) is 9.53 Å². The number of carbonyl (C=O) groups is 1. The fraction of sp³-hybridized carbons (Fsp3) is 0.923. The van der Waals surface area contributed by atoms with Crippen LogP contribution in [0.2, 0.25) is 0 Å². The highest BCUT2D eigenvalue weighted by Gasteiger charge is 2.24. The van der Waals surface area contributed by atoms with Gasteiger partial charge < -0.3 is 15.4 Å². The molecule has 0 spiro atoms. The molecule has 2 saturated heterocycles. The van der Waals surface area contributed by atoms with E-state index in [-0.39, 0.29) is 5.91 Å². The summed E-state index contributed by atoms with van der Waals surface area (Å²) < 4.78 is 5.28. The van der Waals surface area contributed by atoms with E-state index in [4.69, 9.17) is 4.74 Å². The third-order valence-corrected chi connectivity index (χ3v) is 3.92. The van der Waals surface area contributed by atoms with E-state index in [1.165, 1.54) is 12.8 Å². The molecule has 2 rings (SSSR count). The molecule has 2 heterocycles. The maximum absolute atomic E-state index is 11.9. The summed E-state index contributed by atoms with van der Waals surface area (Å²) in [5.41, 5.74) is 0. The van der Waals surface area contributed by atoms with Gasteiger partial charge in [-0.15, -0.1) is 0 Å². The maximum Gasteiger partial charge on any atom is 0.221 e. The number of ether oxygens (including phenoxy) is 1. The van der Waals surface area contributed by atoms with Crippen LogP contribution in [0.3, 0.4) is 0 Å². The quantitative estimate of drug-likeness (QED) is 0.775. The Labute approximate surface area is 103 Å². The van der Waals surface area contributed by atoms with Crippen LogP contribution in [0, 0.1) is 5.92 Å². The zero-order valence-electron chi connectivity index (χ0n) is 10.7. The van der Waals surface area contributed by atoms with Crippen LogP contribution < -0.4 is 10.6 Å². The summed E-state index contributed by atoms with van der Waals surface area (Å²) in [6.07, 6.45) is 5.01. The van der Waals surface area contributed by atoms with Gasteiger partial charge in [0.15, 0.2) is 0 Å². The first kappa shape index (κ1) is 12.8. The Morgan fingerprint density at radius 3 is 2.82 bits per heavy atom. The van der Waals surface area contributed by atoms with Crippen LogP contribution >= 0.6 is 0 Å². The van der Waals surface area contributed by atoms with Crippen LogP contribution in [0.4, 0.5) is 0 Å². The molecule has 98 valence electrons. The Bertz CT molecular complexity index is 252. The van der Waals surface area contributed by atoms with E-state index in [9.17, 15) is 4.79 Å². The summed E-state index contributed by atoms with van der Waals surface area (Å²) in [6, 6.07) is 0.693. The van der Waals surface area contributed by atoms with Gasteiger partial charge in [0.25, 0.3) is 0 Å². The Morgan fingerprint density at radius 2 is 2.12 bits per heavy atom. The van der Waals surface area contributed by atoms with E-state index in [0.29, 0.717) is 24.4 Å². The molecule has 4 nitrogen and oxygen atoms in total. The molecule has 2 aliphatic heterocycles. The average Bonchev–Trinajstić information content (AvgIpc) is 2.33. The van der Waals surface area contributed by atoms with E-state index in [2.05, 4.69) is 17.6 Å². The molecule has 0 aromatic rings. The summed E-state index contributed by atoms with van der Waals surface area (Å²) in [4.78, 5) is 11.9. The van der Waals surface area contributed by atoms with Crippen LogP contribution in [0.5, 0.6) is 0 Å². The number of nitrogens with one attached hydrogen (secondary N) is 2. The highest BCUT2D eigenvalue weighted by atomic mass is 16.5. The molecular formula is C13H24N2O2. The topological polar surface area (TPSA) is 50.4 Å². The Balaban J connectivity index is 1.72. The van der Waals surface area contributed by atoms with E-state index in [1.54, 1.807) is 0 Å². The second-order valence-corrected chi connectivity index (χ2v) is 5.34. The second kappa shape index (κ2) is 6.36. The third-order valence-electron chi connectivity index (χ3n) is 3.92. The van der Waals surface area contributed by atoms with Gasteiger partial charge in [0, 0.05) is 31.7 Å². The minimum atomic E-state index is 0.197. The van der Waals surface area contributed by atoms with E-state index in [0.717, 1.165) is 32.6 Å². The van der Waals surface area contributed by atoms with Gasteiger partial charge in [-0.1, -0.05) is 6.92 Å². The predicted molar refractivity (Wildman–Crippen MR) is 66.8 cm³/mol. The lowest BCUT2D eigenvalue weighted by Gasteiger charge is -2.30. The first-order valence-corrected chi connectivity index (χ1v) is 6.86. The van der Waals surface area contributed by atoms with Crippen molar-refractivity contribution in [3.8, 4) is 0 Å². The lowest BCUT2D eigenvalue weighted by atomic mass is 9.90. The molecule has 0 aromatic heterocycles. The second-order valence-electron chi connectivity index (χ2n) is 5.34. The molecular weight excluding hydrogens is 216 g/mol. The van der Waals surface area contributed by atoms with Crippen molar-refractivity contribution in [2.75, 3.05) is 19.8 Å². The first-order valence-electron chi connectivity index (χ1n) is 6.86. The third kappa shape index (κ3) is 3.96. The zero-order chi connectivity index (χ0) is 12.1. The minimum Gasteiger partial charge on any atom is -0.381 e. The van der Waals surface area contributed by atoms with Gasteiger partial charge in [-0.25, -0.2) is 0 Å². The molecule has 17 heavy (non-hydrogen) atoms. The van der Waals surface area contributed by atoms with Gasteiger partial charge in [-0.2, -0.15) is 0 Å². The van der Waals surface area contributed by atoms with E-state index < -0.39 is 0 Å². The van der Waals surface area contributed by atoms with Crippen molar-refractivity contribution in [1.29, 1.82) is 0 Å². The normalized spacial score (nSPS) is 31.1. The molecule has 0 saturated carbocycles. The molecule has 2 aliphatic rings.